The molecule has 1 unspecified atom stereocenters. The zero-order chi connectivity index (χ0) is 7.68. The van der Waals surface area contributed by atoms with Crippen molar-refractivity contribution in [3.63, 3.8) is 0 Å². The summed E-state index contributed by atoms with van der Waals surface area (Å²) in [7, 11) is 0. The van der Waals surface area contributed by atoms with Crippen molar-refractivity contribution in [2.75, 3.05) is 6.61 Å². The molecule has 2 N–H and O–H groups in total. The third-order valence-electron chi connectivity index (χ3n) is 2.72. The SMILES string of the molecule is NC(C1=CCCO1)C1CCC1. The lowest BCUT2D eigenvalue weighted by molar-refractivity contribution is 0.178. The average Bonchev–Trinajstić information content (AvgIpc) is 2.32. The minimum absolute atomic E-state index is 0.200. The van der Waals surface area contributed by atoms with Crippen LogP contribution >= 0.6 is 0 Å². The summed E-state index contributed by atoms with van der Waals surface area (Å²) in [4.78, 5) is 0. The Bertz CT molecular complexity index is 172. The molecule has 1 aliphatic carbocycles. The molecule has 1 atom stereocenters. The van der Waals surface area contributed by atoms with Gasteiger partial charge >= 0.3 is 0 Å². The van der Waals surface area contributed by atoms with Gasteiger partial charge in [-0.2, -0.15) is 0 Å². The smallest absolute Gasteiger partial charge is 0.109 e. The quantitative estimate of drug-likeness (QED) is 0.651. The fourth-order valence-corrected chi connectivity index (χ4v) is 1.70. The van der Waals surface area contributed by atoms with Crippen LogP contribution in [0.2, 0.25) is 0 Å². The Morgan fingerprint density at radius 1 is 1.55 bits per heavy atom. The Labute approximate surface area is 67.4 Å². The van der Waals surface area contributed by atoms with Crippen molar-refractivity contribution in [3.8, 4) is 0 Å². The first-order chi connectivity index (χ1) is 5.38. The zero-order valence-corrected chi connectivity index (χ0v) is 6.75. The molecule has 0 bridgehead atoms. The molecule has 1 aliphatic heterocycles. The van der Waals surface area contributed by atoms with Gasteiger partial charge in [0, 0.05) is 6.42 Å². The average molecular weight is 153 g/mol. The molecular weight excluding hydrogens is 138 g/mol. The molecule has 62 valence electrons. The van der Waals surface area contributed by atoms with Gasteiger partial charge in [0.2, 0.25) is 0 Å². The minimum atomic E-state index is 0.200. The first kappa shape index (κ1) is 7.17. The largest absolute Gasteiger partial charge is 0.496 e. The van der Waals surface area contributed by atoms with Gasteiger partial charge in [0.05, 0.1) is 12.6 Å². The van der Waals surface area contributed by atoms with Crippen LogP contribution in [-0.4, -0.2) is 12.6 Å². The maximum atomic E-state index is 5.99. The predicted molar refractivity (Wildman–Crippen MR) is 44.0 cm³/mol. The van der Waals surface area contributed by atoms with Gasteiger partial charge in [-0.3, -0.25) is 0 Å². The van der Waals surface area contributed by atoms with E-state index < -0.39 is 0 Å². The van der Waals surface area contributed by atoms with E-state index in [0.29, 0.717) is 5.92 Å². The molecule has 2 rings (SSSR count). The summed E-state index contributed by atoms with van der Waals surface area (Å²) in [6.45, 7) is 0.843. The highest BCUT2D eigenvalue weighted by molar-refractivity contribution is 5.09. The van der Waals surface area contributed by atoms with Gasteiger partial charge in [0.1, 0.15) is 5.76 Å². The first-order valence-corrected chi connectivity index (χ1v) is 4.46. The molecular formula is C9H15NO. The van der Waals surface area contributed by atoms with Crippen LogP contribution in [0.3, 0.4) is 0 Å². The van der Waals surface area contributed by atoms with E-state index in [1.54, 1.807) is 0 Å². The van der Waals surface area contributed by atoms with E-state index in [1.165, 1.54) is 19.3 Å². The number of hydrogen-bond acceptors (Lipinski definition) is 2. The van der Waals surface area contributed by atoms with Gasteiger partial charge in [0.15, 0.2) is 0 Å². The second-order valence-electron chi connectivity index (χ2n) is 3.46. The van der Waals surface area contributed by atoms with Crippen molar-refractivity contribution < 1.29 is 4.74 Å². The van der Waals surface area contributed by atoms with Gasteiger partial charge in [-0.05, 0) is 24.8 Å². The fourth-order valence-electron chi connectivity index (χ4n) is 1.70. The lowest BCUT2D eigenvalue weighted by atomic mass is 9.79. The highest BCUT2D eigenvalue weighted by atomic mass is 16.5. The Balaban J connectivity index is 1.92. The van der Waals surface area contributed by atoms with Crippen LogP contribution in [0.25, 0.3) is 0 Å². The molecule has 0 aromatic rings. The summed E-state index contributed by atoms with van der Waals surface area (Å²) in [5.41, 5.74) is 5.99. The van der Waals surface area contributed by atoms with E-state index in [1.807, 2.05) is 0 Å². The first-order valence-electron chi connectivity index (χ1n) is 4.46. The van der Waals surface area contributed by atoms with Crippen LogP contribution in [0.15, 0.2) is 11.8 Å². The number of nitrogens with two attached hydrogens (primary N) is 1. The topological polar surface area (TPSA) is 35.2 Å². The van der Waals surface area contributed by atoms with Crippen molar-refractivity contribution in [2.45, 2.75) is 31.7 Å². The lowest BCUT2D eigenvalue weighted by Crippen LogP contribution is -2.36. The second-order valence-corrected chi connectivity index (χ2v) is 3.46. The fraction of sp³-hybridized carbons (Fsp3) is 0.778. The molecule has 0 aromatic carbocycles. The molecule has 11 heavy (non-hydrogen) atoms. The van der Waals surface area contributed by atoms with Gasteiger partial charge in [0.25, 0.3) is 0 Å². The van der Waals surface area contributed by atoms with Gasteiger partial charge < -0.3 is 10.5 Å². The summed E-state index contributed by atoms with van der Waals surface area (Å²) < 4.78 is 5.41. The Morgan fingerprint density at radius 2 is 2.36 bits per heavy atom. The third kappa shape index (κ3) is 1.27. The molecule has 0 saturated heterocycles. The predicted octanol–water partition coefficient (Wildman–Crippen LogP) is 1.42. The van der Waals surface area contributed by atoms with Gasteiger partial charge in [-0.25, -0.2) is 0 Å². The van der Waals surface area contributed by atoms with Crippen molar-refractivity contribution in [1.29, 1.82) is 0 Å². The van der Waals surface area contributed by atoms with Crippen molar-refractivity contribution in [1.82, 2.24) is 0 Å². The van der Waals surface area contributed by atoms with Crippen LogP contribution in [0.4, 0.5) is 0 Å². The van der Waals surface area contributed by atoms with Crippen LogP contribution < -0.4 is 5.73 Å². The molecule has 0 radical (unpaired) electrons. The van der Waals surface area contributed by atoms with E-state index in [9.17, 15) is 0 Å². The monoisotopic (exact) mass is 153 g/mol. The number of hydrogen-bond donors (Lipinski definition) is 1. The van der Waals surface area contributed by atoms with E-state index in [-0.39, 0.29) is 6.04 Å². The summed E-state index contributed by atoms with van der Waals surface area (Å²) in [6, 6.07) is 0.200. The Morgan fingerprint density at radius 3 is 2.82 bits per heavy atom. The van der Waals surface area contributed by atoms with Crippen molar-refractivity contribution in [2.24, 2.45) is 11.7 Å². The Kier molecular flexibility index (Phi) is 1.86. The molecule has 2 nitrogen and oxygen atoms in total. The van der Waals surface area contributed by atoms with Crippen molar-refractivity contribution in [3.05, 3.63) is 11.8 Å². The van der Waals surface area contributed by atoms with Crippen LogP contribution in [0.5, 0.6) is 0 Å². The minimum Gasteiger partial charge on any atom is -0.496 e. The third-order valence-corrected chi connectivity index (χ3v) is 2.72. The molecule has 1 fully saturated rings. The summed E-state index contributed by atoms with van der Waals surface area (Å²) in [6.07, 6.45) is 7.13. The molecule has 0 aromatic heterocycles. The summed E-state index contributed by atoms with van der Waals surface area (Å²) in [5.74, 6) is 1.76. The van der Waals surface area contributed by atoms with E-state index in [0.717, 1.165) is 18.8 Å². The van der Waals surface area contributed by atoms with E-state index in [4.69, 9.17) is 10.5 Å². The highest BCUT2D eigenvalue weighted by Crippen LogP contribution is 2.32. The van der Waals surface area contributed by atoms with Gasteiger partial charge in [-0.15, -0.1) is 0 Å². The van der Waals surface area contributed by atoms with Crippen LogP contribution in [-0.2, 0) is 4.74 Å². The maximum absolute atomic E-state index is 5.99. The normalized spacial score (nSPS) is 27.2. The lowest BCUT2D eigenvalue weighted by Gasteiger charge is -2.31. The standard InChI is InChI=1S/C9H15NO/c10-9(7-3-1-4-7)8-5-2-6-11-8/h5,7,9H,1-4,6,10H2. The highest BCUT2D eigenvalue weighted by Gasteiger charge is 2.28. The molecule has 1 heterocycles. The number of ether oxygens (including phenoxy) is 1. The molecule has 0 amide bonds. The zero-order valence-electron chi connectivity index (χ0n) is 6.75. The summed E-state index contributed by atoms with van der Waals surface area (Å²) in [5, 5.41) is 0. The van der Waals surface area contributed by atoms with Gasteiger partial charge in [-0.1, -0.05) is 6.42 Å². The van der Waals surface area contributed by atoms with Crippen molar-refractivity contribution >= 4 is 0 Å². The van der Waals surface area contributed by atoms with Crippen LogP contribution in [0.1, 0.15) is 25.7 Å². The number of rotatable bonds is 2. The van der Waals surface area contributed by atoms with E-state index in [2.05, 4.69) is 6.08 Å². The second kappa shape index (κ2) is 2.86. The van der Waals surface area contributed by atoms with E-state index >= 15 is 0 Å². The maximum Gasteiger partial charge on any atom is 0.109 e. The molecule has 2 aliphatic rings. The molecule has 0 spiro atoms. The molecule has 1 saturated carbocycles. The Hall–Kier alpha value is -0.500. The summed E-state index contributed by atoms with van der Waals surface area (Å²) >= 11 is 0. The molecule has 2 heteroatoms. The van der Waals surface area contributed by atoms with Crippen LogP contribution in [0, 0.1) is 5.92 Å².